The van der Waals surface area contributed by atoms with Crippen LogP contribution >= 0.6 is 11.6 Å². The molecule has 2 aromatic carbocycles. The van der Waals surface area contributed by atoms with Gasteiger partial charge in [-0.15, -0.1) is 0 Å². The Hall–Kier alpha value is -2.05. The van der Waals surface area contributed by atoms with Crippen molar-refractivity contribution in [1.29, 1.82) is 0 Å². The summed E-state index contributed by atoms with van der Waals surface area (Å²) >= 11 is 5.84. The number of amides is 1. The third-order valence-corrected chi connectivity index (χ3v) is 5.32. The van der Waals surface area contributed by atoms with Crippen LogP contribution in [0.5, 0.6) is 0 Å². The number of nitrogens with zero attached hydrogens (tertiary/aromatic N) is 1. The summed E-state index contributed by atoms with van der Waals surface area (Å²) in [4.78, 5) is 12.5. The van der Waals surface area contributed by atoms with Gasteiger partial charge in [-0.2, -0.15) is 0 Å². The van der Waals surface area contributed by atoms with Gasteiger partial charge in [-0.05, 0) is 48.2 Å². The van der Waals surface area contributed by atoms with Gasteiger partial charge in [0, 0.05) is 10.7 Å². The summed E-state index contributed by atoms with van der Waals surface area (Å²) in [7, 11) is -3.64. The first-order valence-corrected chi connectivity index (χ1v) is 10.4. The summed E-state index contributed by atoms with van der Waals surface area (Å²) in [5.74, 6) is -0.302. The summed E-state index contributed by atoms with van der Waals surface area (Å²) < 4.78 is 26.0. The van der Waals surface area contributed by atoms with Crippen molar-refractivity contribution < 1.29 is 13.2 Å². The van der Waals surface area contributed by atoms with Gasteiger partial charge in [0.25, 0.3) is 0 Å². The zero-order valence-corrected chi connectivity index (χ0v) is 16.9. The monoisotopic (exact) mass is 394 g/mol. The summed E-state index contributed by atoms with van der Waals surface area (Å²) in [5.41, 5.74) is 2.81. The number of aryl methyl sites for hydroxylation is 1. The lowest BCUT2D eigenvalue weighted by molar-refractivity contribution is -0.114. The third-order valence-electron chi connectivity index (χ3n) is 3.96. The Bertz CT molecular complexity index is 894. The highest BCUT2D eigenvalue weighted by Gasteiger charge is 2.25. The largest absolute Gasteiger partial charge is 0.325 e. The number of carbonyl (C=O) groups is 1. The van der Waals surface area contributed by atoms with E-state index in [1.807, 2.05) is 39.0 Å². The number of benzene rings is 2. The normalized spacial score (nSPS) is 11.5. The number of sulfonamides is 1. The molecule has 140 valence electrons. The second-order valence-corrected chi connectivity index (χ2v) is 8.84. The van der Waals surface area contributed by atoms with Crippen molar-refractivity contribution in [2.45, 2.75) is 26.7 Å². The van der Waals surface area contributed by atoms with Gasteiger partial charge in [0.15, 0.2) is 0 Å². The Balaban J connectivity index is 2.35. The van der Waals surface area contributed by atoms with Crippen molar-refractivity contribution in [3.63, 3.8) is 0 Å². The average molecular weight is 395 g/mol. The first kappa shape index (κ1) is 20.3. The molecule has 0 unspecified atom stereocenters. The van der Waals surface area contributed by atoms with Crippen LogP contribution in [0.4, 0.5) is 11.4 Å². The summed E-state index contributed by atoms with van der Waals surface area (Å²) in [6.45, 7) is 5.53. The van der Waals surface area contributed by atoms with Crippen LogP contribution < -0.4 is 9.62 Å². The van der Waals surface area contributed by atoms with Crippen LogP contribution in [0.25, 0.3) is 0 Å². The maximum atomic E-state index is 12.5. The van der Waals surface area contributed by atoms with Gasteiger partial charge >= 0.3 is 0 Å². The van der Waals surface area contributed by atoms with E-state index in [2.05, 4.69) is 5.32 Å². The number of carbonyl (C=O) groups excluding carboxylic acids is 1. The van der Waals surface area contributed by atoms with Crippen LogP contribution in [-0.4, -0.2) is 27.1 Å². The molecule has 1 amide bonds. The highest BCUT2D eigenvalue weighted by atomic mass is 35.5. The molecule has 0 radical (unpaired) electrons. The number of rotatable bonds is 6. The molecule has 0 saturated carbocycles. The Morgan fingerprint density at radius 1 is 1.15 bits per heavy atom. The number of hydrogen-bond donors (Lipinski definition) is 1. The maximum Gasteiger partial charge on any atom is 0.245 e. The average Bonchev–Trinajstić information content (AvgIpc) is 2.54. The minimum atomic E-state index is -3.64. The van der Waals surface area contributed by atoms with Crippen molar-refractivity contribution in [2.24, 2.45) is 0 Å². The van der Waals surface area contributed by atoms with Gasteiger partial charge in [0.1, 0.15) is 6.54 Å². The van der Waals surface area contributed by atoms with E-state index in [9.17, 15) is 13.2 Å². The van der Waals surface area contributed by atoms with Crippen LogP contribution in [-0.2, 0) is 14.8 Å². The number of hydrogen-bond acceptors (Lipinski definition) is 3. The third kappa shape index (κ3) is 4.99. The first-order valence-electron chi connectivity index (χ1n) is 8.22. The van der Waals surface area contributed by atoms with Crippen molar-refractivity contribution in [3.05, 3.63) is 58.6 Å². The molecule has 0 fully saturated rings. The minimum Gasteiger partial charge on any atom is -0.325 e. The summed E-state index contributed by atoms with van der Waals surface area (Å²) in [6.07, 6.45) is 1.11. The lowest BCUT2D eigenvalue weighted by atomic mass is 9.98. The van der Waals surface area contributed by atoms with Crippen LogP contribution in [0.3, 0.4) is 0 Å². The van der Waals surface area contributed by atoms with Crippen molar-refractivity contribution in [1.82, 2.24) is 0 Å². The van der Waals surface area contributed by atoms with Gasteiger partial charge in [-0.3, -0.25) is 9.10 Å². The maximum absolute atomic E-state index is 12.5. The Kier molecular flexibility index (Phi) is 6.31. The number of halogens is 1. The Morgan fingerprint density at radius 2 is 1.77 bits per heavy atom. The van der Waals surface area contributed by atoms with Gasteiger partial charge in [-0.25, -0.2) is 8.42 Å². The molecule has 5 nitrogen and oxygen atoms in total. The van der Waals surface area contributed by atoms with E-state index in [1.165, 1.54) is 4.31 Å². The van der Waals surface area contributed by atoms with E-state index in [1.54, 1.807) is 24.3 Å². The van der Waals surface area contributed by atoms with Crippen molar-refractivity contribution >= 4 is 38.9 Å². The standard InChI is InChI=1S/C19H23ClN2O3S/c1-13(2)17-7-5-6-14(3)19(17)22(26(4,24)25)12-18(23)21-16-10-8-15(20)9-11-16/h5-11,13H,12H2,1-4H3,(H,21,23). The Labute approximate surface area is 160 Å². The number of para-hydroxylation sites is 1. The van der Waals surface area contributed by atoms with E-state index in [4.69, 9.17) is 11.6 Å². The molecule has 7 heteroatoms. The molecule has 0 aliphatic heterocycles. The molecule has 0 atom stereocenters. The smallest absolute Gasteiger partial charge is 0.245 e. The van der Waals surface area contributed by atoms with E-state index >= 15 is 0 Å². The molecule has 0 heterocycles. The molecule has 2 rings (SSSR count). The molecular formula is C19H23ClN2O3S. The molecule has 0 saturated heterocycles. The lowest BCUT2D eigenvalue weighted by Crippen LogP contribution is -2.38. The molecule has 0 bridgehead atoms. The molecule has 2 aromatic rings. The molecular weight excluding hydrogens is 372 g/mol. The number of nitrogens with one attached hydrogen (secondary N) is 1. The van der Waals surface area contributed by atoms with Crippen molar-refractivity contribution in [3.8, 4) is 0 Å². The van der Waals surface area contributed by atoms with Gasteiger partial charge in [0.2, 0.25) is 15.9 Å². The quantitative estimate of drug-likeness (QED) is 0.799. The fraction of sp³-hybridized carbons (Fsp3) is 0.316. The zero-order valence-electron chi connectivity index (χ0n) is 15.3. The molecule has 0 spiro atoms. The van der Waals surface area contributed by atoms with E-state index in [0.29, 0.717) is 16.4 Å². The van der Waals surface area contributed by atoms with Gasteiger partial charge < -0.3 is 5.32 Å². The van der Waals surface area contributed by atoms with Gasteiger partial charge in [0.05, 0.1) is 11.9 Å². The highest BCUT2D eigenvalue weighted by Crippen LogP contribution is 2.32. The topological polar surface area (TPSA) is 66.5 Å². The van der Waals surface area contributed by atoms with Crippen LogP contribution in [0.15, 0.2) is 42.5 Å². The minimum absolute atomic E-state index is 0.119. The van der Waals surface area contributed by atoms with Crippen LogP contribution in [0, 0.1) is 6.92 Å². The second-order valence-electron chi connectivity index (χ2n) is 6.49. The fourth-order valence-electron chi connectivity index (χ4n) is 2.71. The van der Waals surface area contributed by atoms with E-state index < -0.39 is 15.9 Å². The molecule has 1 N–H and O–H groups in total. The lowest BCUT2D eigenvalue weighted by Gasteiger charge is -2.27. The molecule has 0 aliphatic rings. The highest BCUT2D eigenvalue weighted by molar-refractivity contribution is 7.92. The Morgan fingerprint density at radius 3 is 2.31 bits per heavy atom. The SMILES string of the molecule is Cc1cccc(C(C)C)c1N(CC(=O)Nc1ccc(Cl)cc1)S(C)(=O)=O. The first-order chi connectivity index (χ1) is 12.1. The van der Waals surface area contributed by atoms with Crippen LogP contribution in [0.2, 0.25) is 5.02 Å². The molecule has 26 heavy (non-hydrogen) atoms. The molecule has 0 aliphatic carbocycles. The summed E-state index contributed by atoms with van der Waals surface area (Å²) in [5, 5.41) is 3.26. The zero-order chi connectivity index (χ0) is 19.5. The second kappa shape index (κ2) is 8.10. The predicted molar refractivity (Wildman–Crippen MR) is 108 cm³/mol. The predicted octanol–water partition coefficient (Wildman–Crippen LogP) is 4.18. The fourth-order valence-corrected chi connectivity index (χ4v) is 3.77. The van der Waals surface area contributed by atoms with E-state index in [-0.39, 0.29) is 12.5 Å². The van der Waals surface area contributed by atoms with Gasteiger partial charge in [-0.1, -0.05) is 43.6 Å². The summed E-state index contributed by atoms with van der Waals surface area (Å²) in [6, 6.07) is 12.3. The van der Waals surface area contributed by atoms with E-state index in [0.717, 1.165) is 17.4 Å². The molecule has 0 aromatic heterocycles. The van der Waals surface area contributed by atoms with Crippen molar-refractivity contribution in [2.75, 3.05) is 22.4 Å². The van der Waals surface area contributed by atoms with Crippen LogP contribution in [0.1, 0.15) is 30.9 Å². The number of anilines is 2.